The third kappa shape index (κ3) is 9.18. The number of fused-ring (bicyclic) bond motifs is 3. The van der Waals surface area contributed by atoms with Crippen molar-refractivity contribution in [3.05, 3.63) is 60.4 Å². The predicted octanol–water partition coefficient (Wildman–Crippen LogP) is 6.10. The topological polar surface area (TPSA) is 203 Å². The number of carbonyl (C=O) groups excluding carboxylic acids is 3. The van der Waals surface area contributed by atoms with Gasteiger partial charge in [0.05, 0.1) is 35.7 Å². The molecule has 4 N–H and O–H groups in total. The van der Waals surface area contributed by atoms with E-state index in [0.717, 1.165) is 0 Å². The first-order chi connectivity index (χ1) is 29.4. The quantitative estimate of drug-likeness (QED) is 0.162. The molecule has 0 radical (unpaired) electrons. The summed E-state index contributed by atoms with van der Waals surface area (Å²) in [5, 5.41) is 15.9. The van der Waals surface area contributed by atoms with Crippen LogP contribution in [-0.4, -0.2) is 95.5 Å². The normalized spacial score (nSPS) is 27.8. The molecule has 0 bridgehead atoms. The highest BCUT2D eigenvalue weighted by atomic mass is 32.2. The van der Waals surface area contributed by atoms with Gasteiger partial charge in [-0.2, -0.15) is 0 Å². The Morgan fingerprint density at radius 2 is 1.85 bits per heavy atom. The number of hydrogen-bond donors (Lipinski definition) is 4. The van der Waals surface area contributed by atoms with E-state index in [-0.39, 0.29) is 37.2 Å². The molecule has 1 aromatic heterocycles. The predicted molar refractivity (Wildman–Crippen MR) is 229 cm³/mol. The molecule has 1 saturated heterocycles. The molecule has 3 fully saturated rings. The van der Waals surface area contributed by atoms with Crippen molar-refractivity contribution in [2.75, 3.05) is 13.7 Å². The van der Waals surface area contributed by atoms with Gasteiger partial charge in [0.15, 0.2) is 11.6 Å². The Bertz CT molecular complexity index is 2390. The number of halogens is 1. The minimum atomic E-state index is -4.05. The van der Waals surface area contributed by atoms with Crippen LogP contribution in [0.5, 0.6) is 17.2 Å². The van der Waals surface area contributed by atoms with Gasteiger partial charge in [-0.05, 0) is 101 Å². The highest BCUT2D eigenvalue weighted by Gasteiger charge is 2.63. The minimum Gasteiger partial charge on any atom is -0.497 e. The number of rotatable bonds is 11. The number of amides is 4. The average molecular weight is 878 g/mol. The summed E-state index contributed by atoms with van der Waals surface area (Å²) in [7, 11) is -2.54. The monoisotopic (exact) mass is 877 g/mol. The van der Waals surface area contributed by atoms with Gasteiger partial charge in [-0.25, -0.2) is 22.6 Å². The molecule has 0 spiro atoms. The van der Waals surface area contributed by atoms with Crippen LogP contribution < -0.4 is 29.6 Å². The first-order valence-electron chi connectivity index (χ1n) is 21.3. The molecule has 4 aliphatic rings. The molecule has 15 nitrogen and oxygen atoms in total. The number of methoxy groups -OCH3 is 1. The van der Waals surface area contributed by atoms with Gasteiger partial charge in [0.2, 0.25) is 21.8 Å². The standard InChI is InChI=1S/C45H56FN5O10S/c1-7-27-18-26(4)10-8-9-11-29-23-45(29,42(54)50-62(57,58)44(5)16-17-44)49-40(52)36-21-31(24-51(36)41(53)39(27)48-43(55)56)61-38-22-34(47-35-20-30(59-6)13-14-32(35)38)28-12-15-37(33(46)19-28)60-25(2)3/h9,11-15,19-20,22,25-27,29,31,36,39,48H,7-8,10,16-18,21,23-24H2,1-6H3,(H,49,52)(H,50,54)(H,55,56)/b11-9-/t26-,27-,29-,31-,36+,39+,45-/m1/s1. The van der Waals surface area contributed by atoms with Crippen molar-refractivity contribution in [3.8, 4) is 28.5 Å². The van der Waals surface area contributed by atoms with E-state index in [1.54, 1.807) is 51.1 Å². The second-order valence-corrected chi connectivity index (χ2v) is 20.0. The Hall–Kier alpha value is -5.45. The molecule has 17 heteroatoms. The average Bonchev–Trinajstić information content (AvgIpc) is 4.10. The van der Waals surface area contributed by atoms with Gasteiger partial charge < -0.3 is 34.9 Å². The number of aromatic nitrogens is 1. The van der Waals surface area contributed by atoms with Crippen LogP contribution in [0.25, 0.3) is 22.2 Å². The van der Waals surface area contributed by atoms with Crippen molar-refractivity contribution in [1.82, 2.24) is 25.2 Å². The zero-order valence-electron chi connectivity index (χ0n) is 35.9. The smallest absolute Gasteiger partial charge is 0.405 e. The summed E-state index contributed by atoms with van der Waals surface area (Å²) in [6, 6.07) is 8.91. The number of benzene rings is 2. The SMILES string of the molecule is CC[C@@H]1C[C@H](C)CC/C=C\[C@@H]2C[C@@]2(C(=O)NS(=O)(=O)C2(C)CC2)NC(=O)[C@@H]2C[C@@H](Oc3cc(-c4ccc(OC(C)C)c(F)c4)nc4cc(OC)ccc34)CN2C(=O)[C@H]1NC(=O)O. The van der Waals surface area contributed by atoms with Crippen LogP contribution in [0.3, 0.4) is 0 Å². The van der Waals surface area contributed by atoms with E-state index in [0.29, 0.717) is 72.2 Å². The fourth-order valence-electron chi connectivity index (χ4n) is 8.69. The van der Waals surface area contributed by atoms with Crippen LogP contribution in [0.15, 0.2) is 54.6 Å². The highest BCUT2D eigenvalue weighted by Crippen LogP contribution is 2.48. The van der Waals surface area contributed by atoms with E-state index in [1.165, 1.54) is 24.1 Å². The van der Waals surface area contributed by atoms with Crippen LogP contribution >= 0.6 is 0 Å². The molecule has 3 heterocycles. The molecular weight excluding hydrogens is 822 g/mol. The Labute approximate surface area is 361 Å². The second kappa shape index (κ2) is 17.4. The Morgan fingerprint density at radius 3 is 2.52 bits per heavy atom. The molecule has 2 aliphatic heterocycles. The van der Waals surface area contributed by atoms with Crippen molar-refractivity contribution in [2.45, 2.75) is 121 Å². The van der Waals surface area contributed by atoms with E-state index < -0.39 is 80.0 Å². The number of ether oxygens (including phenoxy) is 3. The zero-order chi connectivity index (χ0) is 44.7. The summed E-state index contributed by atoms with van der Waals surface area (Å²) < 4.78 is 60.8. The lowest BCUT2D eigenvalue weighted by atomic mass is 9.85. The summed E-state index contributed by atoms with van der Waals surface area (Å²) in [5.41, 5.74) is -0.351. The third-order valence-corrected chi connectivity index (χ3v) is 14.9. The molecule has 0 unspecified atom stereocenters. The Balaban J connectivity index is 1.26. The van der Waals surface area contributed by atoms with Crippen molar-refractivity contribution >= 4 is 44.7 Å². The lowest BCUT2D eigenvalue weighted by Crippen LogP contribution is -2.59. The van der Waals surface area contributed by atoms with Gasteiger partial charge in [-0.3, -0.25) is 19.1 Å². The Morgan fingerprint density at radius 1 is 1.10 bits per heavy atom. The number of hydrogen-bond acceptors (Lipinski definition) is 10. The van der Waals surface area contributed by atoms with Crippen molar-refractivity contribution in [1.29, 1.82) is 0 Å². The highest BCUT2D eigenvalue weighted by molar-refractivity contribution is 7.91. The molecule has 4 amide bonds. The van der Waals surface area contributed by atoms with Crippen LogP contribution in [0, 0.1) is 23.6 Å². The largest absolute Gasteiger partial charge is 0.497 e. The van der Waals surface area contributed by atoms with Gasteiger partial charge in [-0.15, -0.1) is 0 Å². The summed E-state index contributed by atoms with van der Waals surface area (Å²) in [6.45, 7) is 8.94. The maximum Gasteiger partial charge on any atom is 0.405 e. The first kappa shape index (κ1) is 44.6. The van der Waals surface area contributed by atoms with Gasteiger partial charge in [0.25, 0.3) is 5.91 Å². The maximum atomic E-state index is 15.3. The van der Waals surface area contributed by atoms with Crippen LogP contribution in [0.1, 0.15) is 86.0 Å². The molecular formula is C45H56FN5O10S. The van der Waals surface area contributed by atoms with E-state index in [9.17, 15) is 32.7 Å². The molecule has 7 rings (SSSR count). The molecule has 62 heavy (non-hydrogen) atoms. The van der Waals surface area contributed by atoms with Crippen molar-refractivity contribution in [2.24, 2.45) is 17.8 Å². The van der Waals surface area contributed by atoms with E-state index in [1.807, 2.05) is 26.0 Å². The zero-order valence-corrected chi connectivity index (χ0v) is 36.7. The number of nitrogens with one attached hydrogen (secondary N) is 3. The lowest BCUT2D eigenvalue weighted by molar-refractivity contribution is -0.142. The van der Waals surface area contributed by atoms with Crippen molar-refractivity contribution in [3.63, 3.8) is 0 Å². The molecule has 2 aromatic carbocycles. The fourth-order valence-corrected chi connectivity index (χ4v) is 10.00. The number of carboxylic acid groups (broad SMARTS) is 1. The third-order valence-electron chi connectivity index (χ3n) is 12.7. The van der Waals surface area contributed by atoms with Crippen molar-refractivity contribution < 1.29 is 51.3 Å². The summed E-state index contributed by atoms with van der Waals surface area (Å²) in [5.74, 6) is -2.68. The number of sulfonamides is 1. The van der Waals surface area contributed by atoms with Gasteiger partial charge in [-0.1, -0.05) is 32.4 Å². The number of allylic oxidation sites excluding steroid dienone is 1. The van der Waals surface area contributed by atoms with Crippen LogP contribution in [-0.2, 0) is 24.4 Å². The molecule has 334 valence electrons. The summed E-state index contributed by atoms with van der Waals surface area (Å²) in [4.78, 5) is 61.8. The number of pyridine rings is 1. The van der Waals surface area contributed by atoms with E-state index in [4.69, 9.17) is 19.2 Å². The fraction of sp³-hybridized carbons (Fsp3) is 0.533. The minimum absolute atomic E-state index is 0.0652. The maximum absolute atomic E-state index is 15.3. The van der Waals surface area contributed by atoms with Gasteiger partial charge in [0.1, 0.15) is 35.2 Å². The molecule has 3 aromatic rings. The number of carbonyl (C=O) groups is 4. The molecule has 7 atom stereocenters. The first-order valence-corrected chi connectivity index (χ1v) is 22.8. The second-order valence-electron chi connectivity index (χ2n) is 17.8. The number of nitrogens with zero attached hydrogens (tertiary/aromatic N) is 2. The summed E-state index contributed by atoms with van der Waals surface area (Å²) >= 11 is 0. The molecule has 2 saturated carbocycles. The Kier molecular flexibility index (Phi) is 12.5. The summed E-state index contributed by atoms with van der Waals surface area (Å²) in [6.07, 6.45) is 4.50. The van der Waals surface area contributed by atoms with Gasteiger partial charge in [0, 0.05) is 35.4 Å². The lowest BCUT2D eigenvalue weighted by Gasteiger charge is -2.33. The van der Waals surface area contributed by atoms with E-state index >= 15 is 4.39 Å². The van der Waals surface area contributed by atoms with E-state index in [2.05, 4.69) is 15.4 Å². The van der Waals surface area contributed by atoms with Gasteiger partial charge >= 0.3 is 6.09 Å². The molecule has 2 aliphatic carbocycles. The van der Waals surface area contributed by atoms with Crippen LogP contribution in [0.2, 0.25) is 0 Å². The van der Waals surface area contributed by atoms with Crippen LogP contribution in [0.4, 0.5) is 9.18 Å².